The van der Waals surface area contributed by atoms with Crippen molar-refractivity contribution in [2.45, 2.75) is 315 Å². The molecule has 0 saturated carbocycles. The molecule has 0 aliphatic rings. The zero-order valence-corrected chi connectivity index (χ0v) is 49.3. The van der Waals surface area contributed by atoms with E-state index in [1.165, 1.54) is 238 Å². The molecule has 0 aliphatic carbocycles. The van der Waals surface area contributed by atoms with Crippen LogP contribution in [0.4, 0.5) is 0 Å². The number of hydrogen-bond acceptors (Lipinski definition) is 8. The second-order valence-corrected chi connectivity index (χ2v) is 23.8. The van der Waals surface area contributed by atoms with E-state index in [0.29, 0.717) is 17.4 Å². The van der Waals surface area contributed by atoms with Crippen molar-refractivity contribution in [3.8, 4) is 0 Å². The highest BCUT2D eigenvalue weighted by Crippen LogP contribution is 2.38. The molecule has 0 saturated heterocycles. The number of nitrogens with zero attached hydrogens (tertiary/aromatic N) is 1. The van der Waals surface area contributed by atoms with Crippen molar-refractivity contribution in [3.63, 3.8) is 0 Å². The molecule has 0 aromatic rings. The van der Waals surface area contributed by atoms with Gasteiger partial charge in [-0.05, 0) is 44.9 Å². The minimum absolute atomic E-state index is 0.0268. The lowest BCUT2D eigenvalue weighted by atomic mass is 10.0. The summed E-state index contributed by atoms with van der Waals surface area (Å²) >= 11 is 0. The number of carbonyl (C=O) groups is 2. The van der Waals surface area contributed by atoms with Gasteiger partial charge in [0.25, 0.3) is 7.82 Å². The number of unbranched alkanes of at least 4 members (excludes halogenated alkanes) is 40. The minimum Gasteiger partial charge on any atom is -0.756 e. The summed E-state index contributed by atoms with van der Waals surface area (Å²) in [6.07, 6.45) is 65.3. The maximum Gasteiger partial charge on any atom is 0.306 e. The van der Waals surface area contributed by atoms with E-state index in [1.807, 2.05) is 21.1 Å². The summed E-state index contributed by atoms with van der Waals surface area (Å²) in [6, 6.07) is 0. The van der Waals surface area contributed by atoms with Gasteiger partial charge in [-0.1, -0.05) is 276 Å². The van der Waals surface area contributed by atoms with Gasteiger partial charge in [0.2, 0.25) is 0 Å². The van der Waals surface area contributed by atoms with E-state index in [4.69, 9.17) is 18.5 Å². The summed E-state index contributed by atoms with van der Waals surface area (Å²) in [6.45, 7) is 4.28. The number of rotatable bonds is 58. The first-order valence-electron chi connectivity index (χ1n) is 31.0. The normalized spacial score (nSPS) is 13.4. The van der Waals surface area contributed by atoms with Crippen molar-refractivity contribution >= 4 is 19.8 Å². The van der Waals surface area contributed by atoms with Crippen molar-refractivity contribution in [2.24, 2.45) is 0 Å². The van der Waals surface area contributed by atoms with Crippen molar-refractivity contribution < 1.29 is 42.1 Å². The molecule has 72 heavy (non-hydrogen) atoms. The van der Waals surface area contributed by atoms with Crippen molar-refractivity contribution in [3.05, 3.63) is 24.3 Å². The van der Waals surface area contributed by atoms with Crippen molar-refractivity contribution in [2.75, 3.05) is 47.5 Å². The number of phosphoric ester groups is 1. The lowest BCUT2D eigenvalue weighted by Crippen LogP contribution is -2.37. The predicted octanol–water partition coefficient (Wildman–Crippen LogP) is 18.7. The first kappa shape index (κ1) is 70.5. The Bertz CT molecular complexity index is 1270. The molecule has 426 valence electrons. The number of ether oxygens (including phenoxy) is 2. The number of allylic oxidation sites excluding steroid dienone is 4. The molecule has 0 rings (SSSR count). The van der Waals surface area contributed by atoms with Gasteiger partial charge in [0.1, 0.15) is 19.8 Å². The van der Waals surface area contributed by atoms with Crippen molar-refractivity contribution in [1.29, 1.82) is 0 Å². The molecule has 0 heterocycles. The van der Waals surface area contributed by atoms with Crippen LogP contribution in [0.5, 0.6) is 0 Å². The van der Waals surface area contributed by atoms with Gasteiger partial charge in [0, 0.05) is 12.8 Å². The Morgan fingerprint density at radius 3 is 1.10 bits per heavy atom. The van der Waals surface area contributed by atoms with E-state index in [2.05, 4.69) is 38.2 Å². The summed E-state index contributed by atoms with van der Waals surface area (Å²) in [5.74, 6) is -0.814. The number of hydrogen-bond donors (Lipinski definition) is 0. The molecule has 0 aromatic heterocycles. The van der Waals surface area contributed by atoms with Crippen LogP contribution in [0.1, 0.15) is 309 Å². The Morgan fingerprint density at radius 2 is 0.750 bits per heavy atom. The monoisotopic (exact) mass is 1040 g/mol. The molecule has 0 fully saturated rings. The maximum atomic E-state index is 12.8. The van der Waals surface area contributed by atoms with Gasteiger partial charge in [-0.25, -0.2) is 0 Å². The van der Waals surface area contributed by atoms with Crippen LogP contribution in [0.15, 0.2) is 24.3 Å². The summed E-state index contributed by atoms with van der Waals surface area (Å²) < 4.78 is 34.2. The second kappa shape index (κ2) is 54.3. The van der Waals surface area contributed by atoms with Crippen LogP contribution in [0, 0.1) is 0 Å². The molecule has 10 heteroatoms. The number of likely N-dealkylation sites (N-methyl/N-ethyl adjacent to an activating group) is 1. The second-order valence-electron chi connectivity index (χ2n) is 22.4. The topological polar surface area (TPSA) is 111 Å². The van der Waals surface area contributed by atoms with E-state index in [0.717, 1.165) is 38.5 Å². The largest absolute Gasteiger partial charge is 0.756 e. The highest BCUT2D eigenvalue weighted by Gasteiger charge is 2.22. The molecule has 0 aliphatic heterocycles. The molecule has 0 radical (unpaired) electrons. The fraction of sp³-hybridized carbons (Fsp3) is 0.903. The molecule has 0 bridgehead atoms. The highest BCUT2D eigenvalue weighted by atomic mass is 31.2. The number of phosphoric acid groups is 1. The molecule has 9 nitrogen and oxygen atoms in total. The zero-order valence-electron chi connectivity index (χ0n) is 48.4. The van der Waals surface area contributed by atoms with Crippen LogP contribution >= 0.6 is 7.82 Å². The molecule has 0 amide bonds. The SMILES string of the molecule is CCCCCCC/C=C\C/C=C\CCCCCCCCCCCCCCCCCCCCCCCC(=O)OC(COC(=O)CCCCCCCCCCCCCCCCC)COP(=O)([O-])OCC[N+](C)(C)C. The third-order valence-corrected chi connectivity index (χ3v) is 14.9. The van der Waals surface area contributed by atoms with Gasteiger partial charge in [-0.2, -0.15) is 0 Å². The van der Waals surface area contributed by atoms with Crippen LogP contribution in [-0.2, 0) is 32.7 Å². The summed E-state index contributed by atoms with van der Waals surface area (Å²) in [4.78, 5) is 37.8. The Morgan fingerprint density at radius 1 is 0.431 bits per heavy atom. The molecule has 0 spiro atoms. The minimum atomic E-state index is -4.63. The maximum absolute atomic E-state index is 12.8. The molecule has 2 atom stereocenters. The average molecular weight is 1040 g/mol. The Labute approximate surface area is 447 Å². The fourth-order valence-corrected chi connectivity index (χ4v) is 9.89. The van der Waals surface area contributed by atoms with Gasteiger partial charge in [0.05, 0.1) is 27.7 Å². The van der Waals surface area contributed by atoms with Crippen LogP contribution in [0.25, 0.3) is 0 Å². The first-order valence-corrected chi connectivity index (χ1v) is 32.5. The summed E-state index contributed by atoms with van der Waals surface area (Å²) in [5, 5.41) is 0. The molecular formula is C62H120NO8P. The Kier molecular flexibility index (Phi) is 53.1. The fourth-order valence-electron chi connectivity index (χ4n) is 9.16. The molecular weight excluding hydrogens is 918 g/mol. The number of quaternary nitrogens is 1. The van der Waals surface area contributed by atoms with Crippen LogP contribution < -0.4 is 4.89 Å². The standard InChI is InChI=1S/C62H120NO8P/c1-6-8-10-12-14-16-18-20-22-23-24-25-26-27-28-29-30-31-32-33-34-35-36-37-38-39-41-43-45-47-49-51-53-55-62(65)71-60(59-70-72(66,67)69-57-56-63(3,4)5)58-68-61(64)54-52-50-48-46-44-42-40-21-19-17-15-13-11-9-7-2/h18,20,23-24,60H,6-17,19,21-22,25-59H2,1-5H3/b20-18-,24-23-. The third kappa shape index (κ3) is 57.8. The summed E-state index contributed by atoms with van der Waals surface area (Å²) in [7, 11) is 1.19. The Balaban J connectivity index is 3.97. The van der Waals surface area contributed by atoms with Gasteiger partial charge in [-0.3, -0.25) is 14.2 Å². The first-order chi connectivity index (χ1) is 35.0. The average Bonchev–Trinajstić information content (AvgIpc) is 3.34. The molecule has 0 N–H and O–H groups in total. The zero-order chi connectivity index (χ0) is 52.7. The summed E-state index contributed by atoms with van der Waals surface area (Å²) in [5.41, 5.74) is 0. The smallest absolute Gasteiger partial charge is 0.306 e. The molecule has 2 unspecified atom stereocenters. The molecule has 0 aromatic carbocycles. The number of carbonyl (C=O) groups excluding carboxylic acids is 2. The lowest BCUT2D eigenvalue weighted by molar-refractivity contribution is -0.870. The van der Waals surface area contributed by atoms with Gasteiger partial charge < -0.3 is 27.9 Å². The van der Waals surface area contributed by atoms with Crippen LogP contribution in [-0.4, -0.2) is 70.0 Å². The van der Waals surface area contributed by atoms with E-state index < -0.39 is 26.5 Å². The van der Waals surface area contributed by atoms with Gasteiger partial charge in [-0.15, -0.1) is 0 Å². The van der Waals surface area contributed by atoms with E-state index >= 15 is 0 Å². The number of esters is 2. The highest BCUT2D eigenvalue weighted by molar-refractivity contribution is 7.45. The van der Waals surface area contributed by atoms with Crippen LogP contribution in [0.2, 0.25) is 0 Å². The third-order valence-electron chi connectivity index (χ3n) is 14.0. The van der Waals surface area contributed by atoms with Crippen LogP contribution in [0.3, 0.4) is 0 Å². The van der Waals surface area contributed by atoms with Gasteiger partial charge >= 0.3 is 11.9 Å². The quantitative estimate of drug-likeness (QED) is 0.0195. The Hall–Kier alpha value is -1.51. The van der Waals surface area contributed by atoms with E-state index in [-0.39, 0.29) is 32.0 Å². The van der Waals surface area contributed by atoms with Gasteiger partial charge in [0.15, 0.2) is 6.10 Å². The lowest BCUT2D eigenvalue weighted by Gasteiger charge is -2.28. The predicted molar refractivity (Wildman–Crippen MR) is 305 cm³/mol. The van der Waals surface area contributed by atoms with E-state index in [1.54, 1.807) is 0 Å². The van der Waals surface area contributed by atoms with E-state index in [9.17, 15) is 19.0 Å². The van der Waals surface area contributed by atoms with Crippen molar-refractivity contribution in [1.82, 2.24) is 0 Å².